The third kappa shape index (κ3) is 2.20. The molecule has 13 heavy (non-hydrogen) atoms. The van der Waals surface area contributed by atoms with Crippen molar-refractivity contribution in [3.63, 3.8) is 0 Å². The van der Waals surface area contributed by atoms with Crippen LogP contribution in [0.3, 0.4) is 0 Å². The highest BCUT2D eigenvalue weighted by atomic mass is 16.5. The van der Waals surface area contributed by atoms with Gasteiger partial charge in [0.25, 0.3) is 0 Å². The van der Waals surface area contributed by atoms with Crippen LogP contribution in [0.5, 0.6) is 0 Å². The Labute approximate surface area is 76.9 Å². The first kappa shape index (κ1) is 10.0. The lowest BCUT2D eigenvalue weighted by atomic mass is 9.96. The van der Waals surface area contributed by atoms with E-state index in [4.69, 9.17) is 9.84 Å². The van der Waals surface area contributed by atoms with Gasteiger partial charge in [0.15, 0.2) is 0 Å². The van der Waals surface area contributed by atoms with Gasteiger partial charge in [-0.15, -0.1) is 0 Å². The zero-order valence-corrected chi connectivity index (χ0v) is 7.66. The van der Waals surface area contributed by atoms with Crippen LogP contribution in [-0.2, 0) is 14.3 Å². The number of esters is 1. The van der Waals surface area contributed by atoms with Gasteiger partial charge in [-0.25, -0.2) is 0 Å². The highest BCUT2D eigenvalue weighted by Gasteiger charge is 2.38. The van der Waals surface area contributed by atoms with Crippen LogP contribution in [0.25, 0.3) is 0 Å². The van der Waals surface area contributed by atoms with Crippen LogP contribution in [0.15, 0.2) is 0 Å². The zero-order valence-electron chi connectivity index (χ0n) is 7.66. The van der Waals surface area contributed by atoms with E-state index in [0.29, 0.717) is 19.4 Å². The molecule has 4 nitrogen and oxygen atoms in total. The first-order valence-electron chi connectivity index (χ1n) is 4.56. The average Bonchev–Trinajstić information content (AvgIpc) is 2.52. The summed E-state index contributed by atoms with van der Waals surface area (Å²) in [7, 11) is 0. The number of rotatable bonds is 3. The number of aliphatic carboxylic acids is 1. The number of carboxylic acid groups (broad SMARTS) is 1. The molecular formula is C9H14O4. The summed E-state index contributed by atoms with van der Waals surface area (Å²) in [5, 5.41) is 8.79. The van der Waals surface area contributed by atoms with Gasteiger partial charge in [-0.3, -0.25) is 9.59 Å². The van der Waals surface area contributed by atoms with Gasteiger partial charge in [0, 0.05) is 0 Å². The van der Waals surface area contributed by atoms with E-state index in [1.807, 2.05) is 0 Å². The molecule has 1 fully saturated rings. The second-order valence-corrected chi connectivity index (χ2v) is 3.23. The Morgan fingerprint density at radius 1 is 1.38 bits per heavy atom. The van der Waals surface area contributed by atoms with Gasteiger partial charge < -0.3 is 9.84 Å². The Hall–Kier alpha value is -1.06. The van der Waals surface area contributed by atoms with Crippen LogP contribution >= 0.6 is 0 Å². The monoisotopic (exact) mass is 186 g/mol. The van der Waals surface area contributed by atoms with Crippen molar-refractivity contribution in [2.24, 2.45) is 11.8 Å². The average molecular weight is 186 g/mol. The first-order chi connectivity index (χ1) is 6.16. The second kappa shape index (κ2) is 4.25. The maximum atomic E-state index is 11.3. The van der Waals surface area contributed by atoms with Crippen molar-refractivity contribution < 1.29 is 19.4 Å². The molecule has 2 unspecified atom stereocenters. The number of carbonyl (C=O) groups excluding carboxylic acids is 1. The molecule has 0 spiro atoms. The number of hydrogen-bond donors (Lipinski definition) is 1. The maximum absolute atomic E-state index is 11.3. The van der Waals surface area contributed by atoms with E-state index in [1.165, 1.54) is 0 Å². The summed E-state index contributed by atoms with van der Waals surface area (Å²) in [5.74, 6) is -2.18. The van der Waals surface area contributed by atoms with Gasteiger partial charge in [0.2, 0.25) is 0 Å². The molecule has 1 aliphatic carbocycles. The fourth-order valence-electron chi connectivity index (χ4n) is 1.79. The second-order valence-electron chi connectivity index (χ2n) is 3.23. The normalized spacial score (nSPS) is 27.2. The van der Waals surface area contributed by atoms with E-state index in [9.17, 15) is 9.59 Å². The minimum Gasteiger partial charge on any atom is -0.481 e. The number of hydrogen-bond acceptors (Lipinski definition) is 3. The summed E-state index contributed by atoms with van der Waals surface area (Å²) < 4.78 is 4.80. The minimum absolute atomic E-state index is 0.321. The van der Waals surface area contributed by atoms with Crippen molar-refractivity contribution >= 4 is 11.9 Å². The lowest BCUT2D eigenvalue weighted by Crippen LogP contribution is -2.26. The van der Waals surface area contributed by atoms with Crippen molar-refractivity contribution in [3.05, 3.63) is 0 Å². The molecular weight excluding hydrogens is 172 g/mol. The Kier molecular flexibility index (Phi) is 3.28. The Bertz CT molecular complexity index is 212. The minimum atomic E-state index is -0.879. The van der Waals surface area contributed by atoms with E-state index < -0.39 is 17.8 Å². The van der Waals surface area contributed by atoms with Crippen molar-refractivity contribution in [2.45, 2.75) is 26.2 Å². The van der Waals surface area contributed by atoms with E-state index >= 15 is 0 Å². The summed E-state index contributed by atoms with van der Waals surface area (Å²) in [6.45, 7) is 2.05. The molecule has 2 atom stereocenters. The van der Waals surface area contributed by atoms with Crippen LogP contribution in [-0.4, -0.2) is 23.7 Å². The summed E-state index contributed by atoms with van der Waals surface area (Å²) in [6.07, 6.45) is 2.05. The summed E-state index contributed by atoms with van der Waals surface area (Å²) in [4.78, 5) is 22.0. The largest absolute Gasteiger partial charge is 0.481 e. The lowest BCUT2D eigenvalue weighted by Gasteiger charge is -2.13. The highest BCUT2D eigenvalue weighted by Crippen LogP contribution is 2.32. The van der Waals surface area contributed by atoms with Crippen molar-refractivity contribution in [3.8, 4) is 0 Å². The number of carbonyl (C=O) groups is 2. The van der Waals surface area contributed by atoms with Crippen LogP contribution in [0, 0.1) is 11.8 Å². The molecule has 0 radical (unpaired) electrons. The van der Waals surface area contributed by atoms with E-state index in [2.05, 4.69) is 0 Å². The Morgan fingerprint density at radius 2 is 2.00 bits per heavy atom. The fourth-order valence-corrected chi connectivity index (χ4v) is 1.79. The van der Waals surface area contributed by atoms with Crippen molar-refractivity contribution in [1.82, 2.24) is 0 Å². The van der Waals surface area contributed by atoms with Crippen LogP contribution in [0.2, 0.25) is 0 Å². The molecule has 0 aromatic heterocycles. The smallest absolute Gasteiger partial charge is 0.309 e. The highest BCUT2D eigenvalue weighted by molar-refractivity contribution is 5.81. The summed E-state index contributed by atoms with van der Waals surface area (Å²) in [5.41, 5.74) is 0. The molecule has 4 heteroatoms. The van der Waals surface area contributed by atoms with Gasteiger partial charge in [-0.05, 0) is 19.8 Å². The van der Waals surface area contributed by atoms with E-state index in [-0.39, 0.29) is 5.97 Å². The lowest BCUT2D eigenvalue weighted by molar-refractivity contribution is -0.156. The quantitative estimate of drug-likeness (QED) is 0.669. The molecule has 0 amide bonds. The zero-order chi connectivity index (χ0) is 9.84. The van der Waals surface area contributed by atoms with Crippen LogP contribution < -0.4 is 0 Å². The number of carboxylic acids is 1. The van der Waals surface area contributed by atoms with Crippen molar-refractivity contribution in [2.75, 3.05) is 6.61 Å². The molecule has 74 valence electrons. The molecule has 1 saturated carbocycles. The molecule has 0 aliphatic heterocycles. The molecule has 1 N–H and O–H groups in total. The SMILES string of the molecule is CCOC(=O)C1CCCC1C(=O)O. The standard InChI is InChI=1S/C9H14O4/c1-2-13-9(12)7-5-3-4-6(7)8(10)11/h6-7H,2-5H2,1H3,(H,10,11). The van der Waals surface area contributed by atoms with Gasteiger partial charge >= 0.3 is 11.9 Å². The number of ether oxygens (including phenoxy) is 1. The summed E-state index contributed by atoms with van der Waals surface area (Å²) in [6, 6.07) is 0. The predicted molar refractivity (Wildman–Crippen MR) is 45.1 cm³/mol. The predicted octanol–water partition coefficient (Wildman–Crippen LogP) is 1.05. The van der Waals surface area contributed by atoms with Gasteiger partial charge in [0.1, 0.15) is 0 Å². The molecule has 0 bridgehead atoms. The fraction of sp³-hybridized carbons (Fsp3) is 0.778. The molecule has 0 aromatic rings. The topological polar surface area (TPSA) is 63.6 Å². The van der Waals surface area contributed by atoms with Gasteiger partial charge in [-0.1, -0.05) is 6.42 Å². The Balaban J connectivity index is 2.57. The van der Waals surface area contributed by atoms with Gasteiger partial charge in [-0.2, -0.15) is 0 Å². The van der Waals surface area contributed by atoms with Crippen LogP contribution in [0.1, 0.15) is 26.2 Å². The first-order valence-corrected chi connectivity index (χ1v) is 4.56. The molecule has 1 rings (SSSR count). The van der Waals surface area contributed by atoms with Gasteiger partial charge in [0.05, 0.1) is 18.4 Å². The third-order valence-electron chi connectivity index (χ3n) is 2.42. The van der Waals surface area contributed by atoms with E-state index in [1.54, 1.807) is 6.92 Å². The molecule has 1 aliphatic rings. The summed E-state index contributed by atoms with van der Waals surface area (Å²) >= 11 is 0. The Morgan fingerprint density at radius 3 is 2.54 bits per heavy atom. The van der Waals surface area contributed by atoms with Crippen LogP contribution in [0.4, 0.5) is 0 Å². The molecule has 0 aromatic carbocycles. The molecule has 0 heterocycles. The molecule has 0 saturated heterocycles. The van der Waals surface area contributed by atoms with Crippen molar-refractivity contribution in [1.29, 1.82) is 0 Å². The third-order valence-corrected chi connectivity index (χ3v) is 2.42. The van der Waals surface area contributed by atoms with E-state index in [0.717, 1.165) is 6.42 Å². The maximum Gasteiger partial charge on any atom is 0.309 e.